The number of carbonyl (C=O) groups excluding carboxylic acids is 1. The van der Waals surface area contributed by atoms with Crippen LogP contribution in [-0.2, 0) is 14.6 Å². The second-order valence-corrected chi connectivity index (χ2v) is 7.57. The molecule has 0 aliphatic heterocycles. The van der Waals surface area contributed by atoms with Crippen molar-refractivity contribution in [2.75, 3.05) is 12.1 Å². The molecular formula is C11H20ClNO3S. The standard InChI is InChI=1S/C11H20ClNO3S/c1-9(17(2,15)16)10(14)13-11(8-12)6-4-3-5-7-11/h9H,3-8H2,1-2H3,(H,13,14). The number of amides is 1. The third kappa shape index (κ3) is 3.85. The van der Waals surface area contributed by atoms with Gasteiger partial charge in [0.2, 0.25) is 5.91 Å². The van der Waals surface area contributed by atoms with Crippen molar-refractivity contribution in [3.05, 3.63) is 0 Å². The van der Waals surface area contributed by atoms with Crippen molar-refractivity contribution in [2.24, 2.45) is 0 Å². The molecule has 1 fully saturated rings. The Balaban J connectivity index is 2.72. The maximum Gasteiger partial charge on any atom is 0.238 e. The molecule has 1 N–H and O–H groups in total. The molecule has 1 rings (SSSR count). The molecule has 1 aliphatic rings. The lowest BCUT2D eigenvalue weighted by Crippen LogP contribution is -2.54. The fourth-order valence-corrected chi connectivity index (χ4v) is 2.86. The van der Waals surface area contributed by atoms with Gasteiger partial charge in [0, 0.05) is 12.1 Å². The number of sulfone groups is 1. The Kier molecular flexibility index (Phi) is 4.84. The molecule has 1 saturated carbocycles. The van der Waals surface area contributed by atoms with Gasteiger partial charge in [0.05, 0.1) is 5.54 Å². The highest BCUT2D eigenvalue weighted by molar-refractivity contribution is 7.92. The van der Waals surface area contributed by atoms with Crippen molar-refractivity contribution < 1.29 is 13.2 Å². The van der Waals surface area contributed by atoms with Crippen LogP contribution in [0.15, 0.2) is 0 Å². The Hall–Kier alpha value is -0.290. The van der Waals surface area contributed by atoms with Gasteiger partial charge in [0.15, 0.2) is 9.84 Å². The van der Waals surface area contributed by atoms with E-state index in [9.17, 15) is 13.2 Å². The summed E-state index contributed by atoms with van der Waals surface area (Å²) in [6, 6.07) is 0. The van der Waals surface area contributed by atoms with Crippen molar-refractivity contribution in [3.63, 3.8) is 0 Å². The van der Waals surface area contributed by atoms with Crippen molar-refractivity contribution in [3.8, 4) is 0 Å². The molecule has 1 unspecified atom stereocenters. The molecule has 1 atom stereocenters. The first-order chi connectivity index (χ1) is 7.81. The van der Waals surface area contributed by atoms with Gasteiger partial charge in [-0.25, -0.2) is 8.42 Å². The van der Waals surface area contributed by atoms with Crippen LogP contribution in [0.5, 0.6) is 0 Å². The number of halogens is 1. The van der Waals surface area contributed by atoms with E-state index >= 15 is 0 Å². The Morgan fingerprint density at radius 1 is 1.35 bits per heavy atom. The van der Waals surface area contributed by atoms with E-state index in [0.717, 1.165) is 38.4 Å². The number of hydrogen-bond acceptors (Lipinski definition) is 3. The molecule has 1 aliphatic carbocycles. The van der Waals surface area contributed by atoms with Gasteiger partial charge < -0.3 is 5.32 Å². The molecule has 0 aromatic rings. The average molecular weight is 282 g/mol. The molecule has 100 valence electrons. The Bertz CT molecular complexity index is 374. The molecule has 0 heterocycles. The van der Waals surface area contributed by atoms with E-state index < -0.39 is 26.5 Å². The number of carbonyl (C=O) groups is 1. The summed E-state index contributed by atoms with van der Waals surface area (Å²) in [6.07, 6.45) is 5.94. The number of alkyl halides is 1. The summed E-state index contributed by atoms with van der Waals surface area (Å²) in [5, 5.41) is 1.83. The van der Waals surface area contributed by atoms with Crippen LogP contribution >= 0.6 is 11.6 Å². The molecule has 1 amide bonds. The first kappa shape index (κ1) is 14.8. The first-order valence-electron chi connectivity index (χ1n) is 5.88. The van der Waals surface area contributed by atoms with E-state index in [4.69, 9.17) is 11.6 Å². The topological polar surface area (TPSA) is 63.2 Å². The summed E-state index contributed by atoms with van der Waals surface area (Å²) < 4.78 is 22.6. The molecule has 0 saturated heterocycles. The summed E-state index contributed by atoms with van der Waals surface area (Å²) in [4.78, 5) is 11.9. The zero-order valence-electron chi connectivity index (χ0n) is 10.3. The van der Waals surface area contributed by atoms with Gasteiger partial charge in [-0.05, 0) is 19.8 Å². The third-order valence-corrected chi connectivity index (χ3v) is 5.48. The quantitative estimate of drug-likeness (QED) is 0.794. The van der Waals surface area contributed by atoms with Crippen LogP contribution in [0.1, 0.15) is 39.0 Å². The fourth-order valence-electron chi connectivity index (χ4n) is 2.08. The summed E-state index contributed by atoms with van der Waals surface area (Å²) in [5.41, 5.74) is -0.407. The van der Waals surface area contributed by atoms with E-state index in [1.165, 1.54) is 6.92 Å². The van der Waals surface area contributed by atoms with Gasteiger partial charge in [-0.3, -0.25) is 4.79 Å². The lowest BCUT2D eigenvalue weighted by Gasteiger charge is -2.37. The fraction of sp³-hybridized carbons (Fsp3) is 0.909. The smallest absolute Gasteiger partial charge is 0.238 e. The van der Waals surface area contributed by atoms with Crippen LogP contribution in [0.25, 0.3) is 0 Å². The van der Waals surface area contributed by atoms with Crippen molar-refractivity contribution in [1.82, 2.24) is 5.32 Å². The monoisotopic (exact) mass is 281 g/mol. The maximum absolute atomic E-state index is 11.9. The highest BCUT2D eigenvalue weighted by Crippen LogP contribution is 2.29. The Morgan fingerprint density at radius 3 is 2.29 bits per heavy atom. The average Bonchev–Trinajstić information content (AvgIpc) is 2.28. The predicted molar refractivity (Wildman–Crippen MR) is 69.0 cm³/mol. The van der Waals surface area contributed by atoms with E-state index in [1.807, 2.05) is 0 Å². The second-order valence-electron chi connectivity index (χ2n) is 4.94. The highest BCUT2D eigenvalue weighted by atomic mass is 35.5. The first-order valence-corrected chi connectivity index (χ1v) is 8.36. The van der Waals surface area contributed by atoms with Gasteiger partial charge in [0.1, 0.15) is 5.25 Å². The molecule has 17 heavy (non-hydrogen) atoms. The van der Waals surface area contributed by atoms with Crippen LogP contribution in [-0.4, -0.2) is 37.2 Å². The minimum atomic E-state index is -3.34. The zero-order chi connectivity index (χ0) is 13.1. The predicted octanol–water partition coefficient (Wildman–Crippen LogP) is 1.48. The van der Waals surface area contributed by atoms with Crippen LogP contribution in [0, 0.1) is 0 Å². The van der Waals surface area contributed by atoms with Crippen LogP contribution < -0.4 is 5.32 Å². The molecule has 0 radical (unpaired) electrons. The Morgan fingerprint density at radius 2 is 1.88 bits per heavy atom. The van der Waals surface area contributed by atoms with Crippen molar-refractivity contribution in [1.29, 1.82) is 0 Å². The van der Waals surface area contributed by atoms with E-state index in [-0.39, 0.29) is 0 Å². The van der Waals surface area contributed by atoms with Crippen molar-refractivity contribution in [2.45, 2.75) is 49.8 Å². The second kappa shape index (κ2) is 5.57. The van der Waals surface area contributed by atoms with Crippen LogP contribution in [0.4, 0.5) is 0 Å². The zero-order valence-corrected chi connectivity index (χ0v) is 11.9. The number of nitrogens with one attached hydrogen (secondary N) is 1. The Labute approximate surface area is 108 Å². The molecule has 0 aromatic carbocycles. The third-order valence-electron chi connectivity index (χ3n) is 3.47. The van der Waals surface area contributed by atoms with Gasteiger partial charge in [-0.1, -0.05) is 19.3 Å². The summed E-state index contributed by atoms with van der Waals surface area (Å²) >= 11 is 5.94. The molecule has 6 heteroatoms. The van der Waals surface area contributed by atoms with Crippen LogP contribution in [0.2, 0.25) is 0 Å². The SMILES string of the molecule is CC(C(=O)NC1(CCl)CCCCC1)S(C)(=O)=O. The van der Waals surface area contributed by atoms with E-state index in [1.54, 1.807) is 0 Å². The molecule has 4 nitrogen and oxygen atoms in total. The van der Waals surface area contributed by atoms with Gasteiger partial charge in [-0.15, -0.1) is 11.6 Å². The number of rotatable bonds is 4. The highest BCUT2D eigenvalue weighted by Gasteiger charge is 2.35. The van der Waals surface area contributed by atoms with E-state index in [2.05, 4.69) is 5.32 Å². The number of hydrogen-bond donors (Lipinski definition) is 1. The molecule has 0 bridgehead atoms. The summed E-state index contributed by atoms with van der Waals surface area (Å²) in [5.74, 6) is -0.0927. The minimum Gasteiger partial charge on any atom is -0.348 e. The molecule has 0 spiro atoms. The largest absolute Gasteiger partial charge is 0.348 e. The van der Waals surface area contributed by atoms with E-state index in [0.29, 0.717) is 5.88 Å². The lowest BCUT2D eigenvalue weighted by atomic mass is 9.83. The van der Waals surface area contributed by atoms with Crippen LogP contribution in [0.3, 0.4) is 0 Å². The van der Waals surface area contributed by atoms with Gasteiger partial charge in [-0.2, -0.15) is 0 Å². The van der Waals surface area contributed by atoms with Crippen molar-refractivity contribution >= 4 is 27.3 Å². The summed E-state index contributed by atoms with van der Waals surface area (Å²) in [7, 11) is -3.34. The normalized spacial score (nSPS) is 21.8. The van der Waals surface area contributed by atoms with Gasteiger partial charge in [0.25, 0.3) is 0 Å². The molecule has 0 aromatic heterocycles. The summed E-state index contributed by atoms with van der Waals surface area (Å²) in [6.45, 7) is 1.41. The van der Waals surface area contributed by atoms with Gasteiger partial charge >= 0.3 is 0 Å². The maximum atomic E-state index is 11.9. The minimum absolute atomic E-state index is 0.342. The molecular weight excluding hydrogens is 262 g/mol. The lowest BCUT2D eigenvalue weighted by molar-refractivity contribution is -0.122.